The average Bonchev–Trinajstić information content (AvgIpc) is 2.55. The molecule has 24 heavy (non-hydrogen) atoms. The summed E-state index contributed by atoms with van der Waals surface area (Å²) in [5.41, 5.74) is 1.18. The molecular weight excluding hydrogens is 350 g/mol. The average molecular weight is 362 g/mol. The van der Waals surface area contributed by atoms with Crippen molar-refractivity contribution in [3.8, 4) is 0 Å². The minimum Gasteiger partial charge on any atom is -0.332 e. The molecule has 2 aromatic rings. The van der Waals surface area contributed by atoms with Crippen LogP contribution in [0.4, 0.5) is 11.4 Å². The van der Waals surface area contributed by atoms with Gasteiger partial charge in [0.1, 0.15) is 0 Å². The minimum absolute atomic E-state index is 0.0440. The van der Waals surface area contributed by atoms with Crippen LogP contribution in [-0.2, 0) is 4.79 Å². The molecule has 0 heterocycles. The van der Waals surface area contributed by atoms with Gasteiger partial charge < -0.3 is 5.32 Å². The molecule has 0 aliphatic heterocycles. The molecule has 8 heteroatoms. The van der Waals surface area contributed by atoms with E-state index in [0.29, 0.717) is 16.3 Å². The van der Waals surface area contributed by atoms with Gasteiger partial charge in [-0.2, -0.15) is 0 Å². The monoisotopic (exact) mass is 361 g/mol. The summed E-state index contributed by atoms with van der Waals surface area (Å²) in [4.78, 5) is 22.0. The Morgan fingerprint density at radius 2 is 1.92 bits per heavy atom. The molecule has 0 atom stereocenters. The summed E-state index contributed by atoms with van der Waals surface area (Å²) in [7, 11) is 0. The van der Waals surface area contributed by atoms with Crippen molar-refractivity contribution in [3.05, 3.63) is 75.3 Å². The van der Waals surface area contributed by atoms with E-state index in [2.05, 4.69) is 10.6 Å². The lowest BCUT2D eigenvalue weighted by Crippen LogP contribution is -2.32. The molecule has 6 nitrogen and oxygen atoms in total. The Kier molecular flexibility index (Phi) is 6.00. The van der Waals surface area contributed by atoms with E-state index in [0.717, 1.165) is 0 Å². The van der Waals surface area contributed by atoms with Crippen LogP contribution in [-0.4, -0.2) is 15.9 Å². The summed E-state index contributed by atoms with van der Waals surface area (Å²) in [6.45, 7) is 0. The second-order valence-corrected chi connectivity index (χ2v) is 5.48. The molecule has 2 aromatic carbocycles. The molecule has 0 saturated heterocycles. The molecule has 122 valence electrons. The van der Waals surface area contributed by atoms with Crippen molar-refractivity contribution in [1.29, 1.82) is 0 Å². The highest BCUT2D eigenvalue weighted by Crippen LogP contribution is 2.14. The molecule has 0 spiro atoms. The number of anilines is 1. The zero-order valence-corrected chi connectivity index (χ0v) is 13.8. The number of carbonyl (C=O) groups excluding carboxylic acids is 1. The Bertz CT molecular complexity index is 806. The fourth-order valence-electron chi connectivity index (χ4n) is 1.76. The number of nitrogens with one attached hydrogen (secondary N) is 2. The van der Waals surface area contributed by atoms with E-state index < -0.39 is 10.8 Å². The Morgan fingerprint density at radius 3 is 2.58 bits per heavy atom. The lowest BCUT2D eigenvalue weighted by molar-refractivity contribution is -0.384. The number of amides is 1. The van der Waals surface area contributed by atoms with E-state index >= 15 is 0 Å². The Hall–Kier alpha value is -2.77. The van der Waals surface area contributed by atoms with E-state index in [1.165, 1.54) is 24.3 Å². The van der Waals surface area contributed by atoms with Gasteiger partial charge in [0.2, 0.25) is 5.91 Å². The van der Waals surface area contributed by atoms with Crippen molar-refractivity contribution in [1.82, 2.24) is 5.32 Å². The van der Waals surface area contributed by atoms with Crippen LogP contribution in [0.15, 0.2) is 54.6 Å². The number of nitro benzene ring substituents is 1. The maximum atomic E-state index is 11.8. The van der Waals surface area contributed by atoms with Crippen molar-refractivity contribution in [2.75, 3.05) is 5.32 Å². The summed E-state index contributed by atoms with van der Waals surface area (Å²) in [6.07, 6.45) is 2.71. The van der Waals surface area contributed by atoms with Gasteiger partial charge in [-0.15, -0.1) is 0 Å². The first-order valence-corrected chi connectivity index (χ1v) is 7.53. The van der Waals surface area contributed by atoms with Crippen molar-refractivity contribution < 1.29 is 9.72 Å². The van der Waals surface area contributed by atoms with Crippen LogP contribution in [0.3, 0.4) is 0 Å². The molecule has 0 radical (unpaired) electrons. The van der Waals surface area contributed by atoms with Crippen LogP contribution in [0.25, 0.3) is 6.08 Å². The molecule has 0 aromatic heterocycles. The fourth-order valence-corrected chi connectivity index (χ4v) is 2.11. The van der Waals surface area contributed by atoms with Crippen LogP contribution < -0.4 is 10.6 Å². The molecule has 0 unspecified atom stereocenters. The third-order valence-corrected chi connectivity index (χ3v) is 3.30. The Labute approximate surface area is 148 Å². The quantitative estimate of drug-likeness (QED) is 0.375. The van der Waals surface area contributed by atoms with Gasteiger partial charge in [-0.25, -0.2) is 0 Å². The molecule has 2 rings (SSSR count). The second kappa shape index (κ2) is 8.19. The van der Waals surface area contributed by atoms with E-state index in [9.17, 15) is 14.9 Å². The number of hydrogen-bond donors (Lipinski definition) is 2. The van der Waals surface area contributed by atoms with Crippen LogP contribution in [0.5, 0.6) is 0 Å². The number of benzene rings is 2. The van der Waals surface area contributed by atoms with Crippen molar-refractivity contribution in [2.24, 2.45) is 0 Å². The van der Waals surface area contributed by atoms with E-state index in [-0.39, 0.29) is 10.8 Å². The first-order chi connectivity index (χ1) is 11.4. The third-order valence-electron chi connectivity index (χ3n) is 2.85. The maximum absolute atomic E-state index is 11.8. The Morgan fingerprint density at radius 1 is 1.21 bits per heavy atom. The second-order valence-electron chi connectivity index (χ2n) is 4.64. The molecule has 0 fully saturated rings. The molecule has 2 N–H and O–H groups in total. The summed E-state index contributed by atoms with van der Waals surface area (Å²) >= 11 is 10.8. The SMILES string of the molecule is O=C(C=Cc1cccc([N+](=O)[O-])c1)NC(=S)Nc1ccc(Cl)cc1. The van der Waals surface area contributed by atoms with Gasteiger partial charge >= 0.3 is 0 Å². The summed E-state index contributed by atoms with van der Waals surface area (Å²) in [6, 6.07) is 12.8. The molecule has 1 amide bonds. The number of carbonyl (C=O) groups is 1. The highest BCUT2D eigenvalue weighted by Gasteiger charge is 2.05. The number of halogens is 1. The van der Waals surface area contributed by atoms with Gasteiger partial charge in [-0.3, -0.25) is 20.2 Å². The first-order valence-electron chi connectivity index (χ1n) is 6.74. The molecule has 0 saturated carbocycles. The molecule has 0 bridgehead atoms. The normalized spacial score (nSPS) is 10.4. The predicted octanol–water partition coefficient (Wildman–Crippen LogP) is 3.77. The topological polar surface area (TPSA) is 84.3 Å². The lowest BCUT2D eigenvalue weighted by atomic mass is 10.2. The van der Waals surface area contributed by atoms with E-state index in [1.807, 2.05) is 0 Å². The Balaban J connectivity index is 1.92. The number of hydrogen-bond acceptors (Lipinski definition) is 4. The lowest BCUT2D eigenvalue weighted by Gasteiger charge is -2.07. The van der Waals surface area contributed by atoms with Crippen molar-refractivity contribution in [2.45, 2.75) is 0 Å². The van der Waals surface area contributed by atoms with Crippen LogP contribution in [0.2, 0.25) is 5.02 Å². The van der Waals surface area contributed by atoms with Crippen molar-refractivity contribution in [3.63, 3.8) is 0 Å². The highest BCUT2D eigenvalue weighted by molar-refractivity contribution is 7.80. The molecule has 0 aliphatic rings. The van der Waals surface area contributed by atoms with E-state index in [4.69, 9.17) is 23.8 Å². The van der Waals surface area contributed by atoms with Crippen LogP contribution in [0.1, 0.15) is 5.56 Å². The molecular formula is C16H12ClN3O3S. The number of thiocarbonyl (C=S) groups is 1. The summed E-state index contributed by atoms with van der Waals surface area (Å²) < 4.78 is 0. The predicted molar refractivity (Wildman–Crippen MR) is 97.9 cm³/mol. The standard InChI is InChI=1S/C16H12ClN3O3S/c17-12-5-7-13(8-6-12)18-16(24)19-15(21)9-4-11-2-1-3-14(10-11)20(22)23/h1-10H,(H2,18,19,21,24). The first kappa shape index (κ1) is 17.6. The van der Waals surface area contributed by atoms with Gasteiger partial charge in [0.25, 0.3) is 5.69 Å². The maximum Gasteiger partial charge on any atom is 0.270 e. The van der Waals surface area contributed by atoms with Gasteiger partial charge in [-0.05, 0) is 48.1 Å². The number of nitrogens with zero attached hydrogens (tertiary/aromatic N) is 1. The van der Waals surface area contributed by atoms with Crippen LogP contribution >= 0.6 is 23.8 Å². The zero-order valence-electron chi connectivity index (χ0n) is 12.2. The molecule has 0 aliphatic carbocycles. The number of nitro groups is 1. The zero-order chi connectivity index (χ0) is 17.5. The van der Waals surface area contributed by atoms with Gasteiger partial charge in [0.15, 0.2) is 5.11 Å². The fraction of sp³-hybridized carbons (Fsp3) is 0. The summed E-state index contributed by atoms with van der Waals surface area (Å²) in [5.74, 6) is -0.451. The number of non-ortho nitro benzene ring substituents is 1. The largest absolute Gasteiger partial charge is 0.332 e. The van der Waals surface area contributed by atoms with Gasteiger partial charge in [0, 0.05) is 28.9 Å². The summed E-state index contributed by atoms with van der Waals surface area (Å²) in [5, 5.41) is 16.7. The third kappa shape index (κ3) is 5.45. The highest BCUT2D eigenvalue weighted by atomic mass is 35.5. The minimum atomic E-state index is -0.497. The number of rotatable bonds is 4. The van der Waals surface area contributed by atoms with E-state index in [1.54, 1.807) is 36.4 Å². The smallest absolute Gasteiger partial charge is 0.270 e. The van der Waals surface area contributed by atoms with Crippen molar-refractivity contribution >= 4 is 52.3 Å². The van der Waals surface area contributed by atoms with Crippen LogP contribution in [0, 0.1) is 10.1 Å². The van der Waals surface area contributed by atoms with Gasteiger partial charge in [0.05, 0.1) is 4.92 Å². The van der Waals surface area contributed by atoms with Gasteiger partial charge in [-0.1, -0.05) is 23.7 Å².